The molecular formula is C19H16Cl2N4O. The number of nitrogens with zero attached hydrogens (tertiary/aromatic N) is 2. The number of hydrogen-bond donors (Lipinski definition) is 2. The topological polar surface area (TPSA) is 70.8 Å². The Morgan fingerprint density at radius 1 is 1.27 bits per heavy atom. The van der Waals surface area contributed by atoms with E-state index < -0.39 is 5.56 Å². The predicted molar refractivity (Wildman–Crippen MR) is 107 cm³/mol. The molecule has 3 aromatic rings. The van der Waals surface area contributed by atoms with Gasteiger partial charge in [0.25, 0.3) is 5.56 Å². The van der Waals surface area contributed by atoms with Gasteiger partial charge >= 0.3 is 0 Å². The molecule has 2 N–H and O–H groups in total. The number of aryl methyl sites for hydroxylation is 1. The number of benzene rings is 2. The first-order valence-corrected chi connectivity index (χ1v) is 8.61. The average Bonchev–Trinajstić information content (AvgIpc) is 2.65. The summed E-state index contributed by atoms with van der Waals surface area (Å²) in [6.07, 6.45) is 2.98. The van der Waals surface area contributed by atoms with Crippen LogP contribution in [0.3, 0.4) is 0 Å². The van der Waals surface area contributed by atoms with Gasteiger partial charge in [-0.1, -0.05) is 53.5 Å². The van der Waals surface area contributed by atoms with E-state index in [-0.39, 0.29) is 5.15 Å². The second-order valence-electron chi connectivity index (χ2n) is 5.70. The highest BCUT2D eigenvalue weighted by molar-refractivity contribution is 6.36. The van der Waals surface area contributed by atoms with Crippen molar-refractivity contribution in [3.63, 3.8) is 0 Å². The summed E-state index contributed by atoms with van der Waals surface area (Å²) in [7, 11) is 1.61. The first-order valence-electron chi connectivity index (χ1n) is 7.85. The lowest BCUT2D eigenvalue weighted by atomic mass is 10.1. The van der Waals surface area contributed by atoms with Crippen molar-refractivity contribution in [1.82, 2.24) is 14.9 Å². The monoisotopic (exact) mass is 386 g/mol. The first-order chi connectivity index (χ1) is 12.5. The molecule has 7 heteroatoms. The number of halogens is 2. The fourth-order valence-corrected chi connectivity index (χ4v) is 3.06. The molecule has 3 rings (SSSR count). The summed E-state index contributed by atoms with van der Waals surface area (Å²) in [5, 5.41) is 11.1. The van der Waals surface area contributed by atoms with E-state index >= 15 is 0 Å². The minimum absolute atomic E-state index is 0.123. The van der Waals surface area contributed by atoms with Gasteiger partial charge in [0.05, 0.1) is 10.5 Å². The smallest absolute Gasteiger partial charge is 0.288 e. The molecule has 0 fully saturated rings. The molecule has 0 aliphatic heterocycles. The van der Waals surface area contributed by atoms with Crippen molar-refractivity contribution >= 4 is 46.0 Å². The van der Waals surface area contributed by atoms with E-state index in [0.29, 0.717) is 33.7 Å². The van der Waals surface area contributed by atoms with Crippen LogP contribution >= 0.6 is 23.2 Å². The molecule has 132 valence electrons. The van der Waals surface area contributed by atoms with Crippen LogP contribution in [0.1, 0.15) is 11.1 Å². The molecule has 0 amide bonds. The summed E-state index contributed by atoms with van der Waals surface area (Å²) in [6, 6.07) is 13.4. The molecule has 0 atom stereocenters. The van der Waals surface area contributed by atoms with Crippen molar-refractivity contribution in [1.29, 1.82) is 5.41 Å². The lowest BCUT2D eigenvalue weighted by Crippen LogP contribution is -2.19. The lowest BCUT2D eigenvalue weighted by molar-refractivity contribution is 0.872. The third kappa shape index (κ3) is 3.64. The number of hydrogen-bond acceptors (Lipinski definition) is 4. The molecule has 1 aromatic heterocycles. The third-order valence-corrected chi connectivity index (χ3v) is 4.53. The lowest BCUT2D eigenvalue weighted by Gasteiger charge is -2.10. The fourth-order valence-electron chi connectivity index (χ4n) is 2.59. The molecule has 0 bridgehead atoms. The van der Waals surface area contributed by atoms with E-state index in [1.807, 2.05) is 30.3 Å². The highest BCUT2D eigenvalue weighted by atomic mass is 35.5. The molecule has 0 spiro atoms. The van der Waals surface area contributed by atoms with Gasteiger partial charge in [0.2, 0.25) is 0 Å². The van der Waals surface area contributed by atoms with Gasteiger partial charge in [-0.2, -0.15) is 0 Å². The van der Waals surface area contributed by atoms with Crippen LogP contribution in [0.5, 0.6) is 0 Å². The van der Waals surface area contributed by atoms with Crippen molar-refractivity contribution in [2.45, 2.75) is 6.54 Å². The number of rotatable bonds is 5. The maximum absolute atomic E-state index is 12.0. The van der Waals surface area contributed by atoms with Gasteiger partial charge < -0.3 is 15.3 Å². The van der Waals surface area contributed by atoms with Gasteiger partial charge in [-0.25, -0.2) is 4.98 Å². The maximum Gasteiger partial charge on any atom is 0.288 e. The van der Waals surface area contributed by atoms with Crippen LogP contribution in [-0.2, 0) is 13.6 Å². The average molecular weight is 387 g/mol. The molecule has 5 nitrogen and oxygen atoms in total. The second kappa shape index (κ2) is 7.72. The van der Waals surface area contributed by atoms with Crippen LogP contribution < -0.4 is 10.9 Å². The van der Waals surface area contributed by atoms with Crippen LogP contribution in [0.4, 0.5) is 0 Å². The SMILES string of the molecule is Cn1c(=O)c(Cl)nc2c(Cl)cc(/C(C=N)=C/NCc3ccccc3)cc21. The summed E-state index contributed by atoms with van der Waals surface area (Å²) in [6.45, 7) is 0.634. The Kier molecular flexibility index (Phi) is 5.40. The molecule has 0 saturated heterocycles. The van der Waals surface area contributed by atoms with Gasteiger partial charge in [-0.15, -0.1) is 0 Å². The van der Waals surface area contributed by atoms with Crippen molar-refractivity contribution in [2.75, 3.05) is 0 Å². The van der Waals surface area contributed by atoms with Crippen LogP contribution in [-0.4, -0.2) is 15.8 Å². The summed E-state index contributed by atoms with van der Waals surface area (Å²) in [4.78, 5) is 16.1. The van der Waals surface area contributed by atoms with Crippen molar-refractivity contribution in [3.8, 4) is 0 Å². The third-order valence-electron chi connectivity index (χ3n) is 3.99. The molecule has 1 heterocycles. The standard InChI is InChI=1S/C19H16Cl2N4O/c1-25-16-8-13(7-15(20)17(16)24-18(21)19(25)26)14(9-22)11-23-10-12-5-3-2-4-6-12/h2-9,11,22-23H,10H2,1H3/b14-11+,22-9?. The maximum atomic E-state index is 12.0. The minimum Gasteiger partial charge on any atom is -0.386 e. The molecule has 2 aromatic carbocycles. The highest BCUT2D eigenvalue weighted by Crippen LogP contribution is 2.26. The van der Waals surface area contributed by atoms with E-state index in [1.165, 1.54) is 10.8 Å². The number of allylic oxidation sites excluding steroid dienone is 1. The van der Waals surface area contributed by atoms with Crippen LogP contribution in [0, 0.1) is 5.41 Å². The molecule has 0 aliphatic carbocycles. The zero-order valence-corrected chi connectivity index (χ0v) is 15.5. The van der Waals surface area contributed by atoms with Crippen LogP contribution in [0.15, 0.2) is 53.5 Å². The molecule has 0 aliphatic rings. The molecule has 26 heavy (non-hydrogen) atoms. The van der Waals surface area contributed by atoms with Crippen LogP contribution in [0.25, 0.3) is 16.6 Å². The summed E-state index contributed by atoms with van der Waals surface area (Å²) in [5.41, 5.74) is 3.08. The second-order valence-corrected chi connectivity index (χ2v) is 6.47. The molecule has 0 saturated carbocycles. The Balaban J connectivity index is 1.98. The van der Waals surface area contributed by atoms with Crippen molar-refractivity contribution in [2.24, 2.45) is 7.05 Å². The van der Waals surface area contributed by atoms with Gasteiger partial charge in [-0.05, 0) is 23.3 Å². The van der Waals surface area contributed by atoms with Gasteiger partial charge in [0.1, 0.15) is 5.52 Å². The van der Waals surface area contributed by atoms with E-state index in [4.69, 9.17) is 28.6 Å². The van der Waals surface area contributed by atoms with E-state index in [9.17, 15) is 4.79 Å². The Labute approximate surface area is 160 Å². The van der Waals surface area contributed by atoms with Crippen molar-refractivity contribution < 1.29 is 0 Å². The largest absolute Gasteiger partial charge is 0.386 e. The number of aromatic nitrogens is 2. The quantitative estimate of drug-likeness (QED) is 0.650. The van der Waals surface area contributed by atoms with Crippen molar-refractivity contribution in [3.05, 3.63) is 80.3 Å². The zero-order chi connectivity index (χ0) is 18.7. The van der Waals surface area contributed by atoms with E-state index in [0.717, 1.165) is 5.56 Å². The van der Waals surface area contributed by atoms with Gasteiger partial charge in [-0.3, -0.25) is 4.79 Å². The summed E-state index contributed by atoms with van der Waals surface area (Å²) < 4.78 is 1.40. The first kappa shape index (κ1) is 18.2. The molecule has 0 radical (unpaired) electrons. The Hall–Kier alpha value is -2.63. The number of nitrogens with one attached hydrogen (secondary N) is 2. The predicted octanol–water partition coefficient (Wildman–Crippen LogP) is 4.02. The molecule has 0 unspecified atom stereocenters. The Bertz CT molecular complexity index is 1060. The molecular weight excluding hydrogens is 371 g/mol. The fraction of sp³-hybridized carbons (Fsp3) is 0.105. The van der Waals surface area contributed by atoms with Crippen LogP contribution in [0.2, 0.25) is 10.2 Å². The van der Waals surface area contributed by atoms with Gasteiger partial charge in [0.15, 0.2) is 5.15 Å². The Morgan fingerprint density at radius 2 is 2.00 bits per heavy atom. The Morgan fingerprint density at radius 3 is 2.69 bits per heavy atom. The summed E-state index contributed by atoms with van der Waals surface area (Å²) >= 11 is 12.2. The zero-order valence-electron chi connectivity index (χ0n) is 14.0. The highest BCUT2D eigenvalue weighted by Gasteiger charge is 2.12. The van der Waals surface area contributed by atoms with E-state index in [2.05, 4.69) is 10.3 Å². The normalized spacial score (nSPS) is 11.6. The van der Waals surface area contributed by atoms with Gasteiger partial charge in [0, 0.05) is 31.6 Å². The summed E-state index contributed by atoms with van der Waals surface area (Å²) in [5.74, 6) is 0. The number of fused-ring (bicyclic) bond motifs is 1. The minimum atomic E-state index is -0.394. The van der Waals surface area contributed by atoms with E-state index in [1.54, 1.807) is 25.4 Å².